The molecule has 0 spiro atoms. The van der Waals surface area contributed by atoms with Crippen LogP contribution in [0.4, 0.5) is 10.8 Å². The quantitative estimate of drug-likeness (QED) is 0.712. The molecule has 1 fully saturated rings. The summed E-state index contributed by atoms with van der Waals surface area (Å²) in [7, 11) is 0. The van der Waals surface area contributed by atoms with Crippen molar-refractivity contribution in [2.75, 3.05) is 23.6 Å². The van der Waals surface area contributed by atoms with E-state index in [2.05, 4.69) is 23.3 Å². The summed E-state index contributed by atoms with van der Waals surface area (Å²) >= 11 is 1.45. The Labute approximate surface area is 171 Å². The number of nitrogens with one attached hydrogen (secondary N) is 1. The molecule has 29 heavy (non-hydrogen) atoms. The Hall–Kier alpha value is -3.13. The van der Waals surface area contributed by atoms with Gasteiger partial charge in [-0.2, -0.15) is 0 Å². The van der Waals surface area contributed by atoms with Crippen molar-refractivity contribution in [3.8, 4) is 11.5 Å². The number of hydrogen-bond acceptors (Lipinski definition) is 6. The highest BCUT2D eigenvalue weighted by Gasteiger charge is 2.36. The predicted octanol–water partition coefficient (Wildman–Crippen LogP) is 3.58. The second-order valence-corrected chi connectivity index (χ2v) is 8.14. The van der Waals surface area contributed by atoms with E-state index in [1.807, 2.05) is 18.2 Å². The zero-order valence-corrected chi connectivity index (χ0v) is 16.6. The molecular weight excluding hydrogens is 390 g/mol. The van der Waals surface area contributed by atoms with Gasteiger partial charge >= 0.3 is 0 Å². The average molecular weight is 409 g/mol. The number of fused-ring (bicyclic) bond motifs is 2. The van der Waals surface area contributed by atoms with Gasteiger partial charge in [-0.25, -0.2) is 4.98 Å². The predicted molar refractivity (Wildman–Crippen MR) is 111 cm³/mol. The standard InChI is InChI=1S/C21H19N3O4S/c1-2-12-3-5-15-18(7-12)29-21(22-15)23-20(26)13-8-19(25)24(10-13)14-4-6-16-17(9-14)28-11-27-16/h3-7,9,13H,2,8,10-11H2,1H3,(H,22,23,26). The summed E-state index contributed by atoms with van der Waals surface area (Å²) in [5.74, 6) is 0.587. The molecule has 148 valence electrons. The first-order valence-electron chi connectivity index (χ1n) is 9.51. The highest BCUT2D eigenvalue weighted by molar-refractivity contribution is 7.22. The minimum Gasteiger partial charge on any atom is -0.454 e. The lowest BCUT2D eigenvalue weighted by molar-refractivity contribution is -0.122. The molecule has 0 saturated carbocycles. The third-order valence-corrected chi connectivity index (χ3v) is 6.19. The van der Waals surface area contributed by atoms with E-state index >= 15 is 0 Å². The molecule has 2 aromatic carbocycles. The smallest absolute Gasteiger partial charge is 0.231 e. The molecule has 0 aliphatic carbocycles. The second kappa shape index (κ2) is 7.04. The van der Waals surface area contributed by atoms with Gasteiger partial charge in [0.05, 0.1) is 16.1 Å². The molecule has 0 bridgehead atoms. The van der Waals surface area contributed by atoms with Crippen LogP contribution in [0.2, 0.25) is 0 Å². The molecule has 7 nitrogen and oxygen atoms in total. The number of amides is 2. The van der Waals surface area contributed by atoms with Gasteiger partial charge in [0, 0.05) is 24.7 Å². The van der Waals surface area contributed by atoms with Crippen LogP contribution in [0.3, 0.4) is 0 Å². The Kier molecular flexibility index (Phi) is 4.35. The van der Waals surface area contributed by atoms with Crippen LogP contribution in [0.1, 0.15) is 18.9 Å². The molecule has 1 aromatic heterocycles. The third-order valence-electron chi connectivity index (χ3n) is 5.25. The topological polar surface area (TPSA) is 80.8 Å². The number of hydrogen-bond donors (Lipinski definition) is 1. The lowest BCUT2D eigenvalue weighted by Gasteiger charge is -2.17. The molecule has 2 amide bonds. The number of aromatic nitrogens is 1. The largest absolute Gasteiger partial charge is 0.454 e. The average Bonchev–Trinajstić information content (AvgIpc) is 3.43. The van der Waals surface area contributed by atoms with Gasteiger partial charge in [0.2, 0.25) is 18.6 Å². The summed E-state index contributed by atoms with van der Waals surface area (Å²) in [6.45, 7) is 2.61. The lowest BCUT2D eigenvalue weighted by Crippen LogP contribution is -2.28. The summed E-state index contributed by atoms with van der Waals surface area (Å²) in [4.78, 5) is 31.4. The summed E-state index contributed by atoms with van der Waals surface area (Å²) in [6.07, 6.45) is 1.13. The van der Waals surface area contributed by atoms with E-state index in [-0.39, 0.29) is 25.0 Å². The lowest BCUT2D eigenvalue weighted by atomic mass is 10.1. The Morgan fingerprint density at radius 2 is 2.10 bits per heavy atom. The number of thiazole rings is 1. The van der Waals surface area contributed by atoms with E-state index in [0.717, 1.165) is 16.6 Å². The maximum absolute atomic E-state index is 12.8. The van der Waals surface area contributed by atoms with Crippen molar-refractivity contribution in [1.29, 1.82) is 0 Å². The van der Waals surface area contributed by atoms with Crippen LogP contribution in [0.5, 0.6) is 11.5 Å². The molecular formula is C21H19N3O4S. The van der Waals surface area contributed by atoms with E-state index in [9.17, 15) is 9.59 Å². The zero-order valence-electron chi connectivity index (χ0n) is 15.8. The Morgan fingerprint density at radius 1 is 1.24 bits per heavy atom. The van der Waals surface area contributed by atoms with Gasteiger partial charge in [-0.05, 0) is 36.2 Å². The molecule has 1 atom stereocenters. The number of carbonyl (C=O) groups is 2. The first kappa shape index (κ1) is 17.9. The van der Waals surface area contributed by atoms with Crippen molar-refractivity contribution in [3.05, 3.63) is 42.0 Å². The van der Waals surface area contributed by atoms with Gasteiger partial charge in [0.15, 0.2) is 16.6 Å². The van der Waals surface area contributed by atoms with E-state index < -0.39 is 5.92 Å². The van der Waals surface area contributed by atoms with Crippen LogP contribution in [-0.2, 0) is 16.0 Å². The molecule has 1 unspecified atom stereocenters. The second-order valence-electron chi connectivity index (χ2n) is 7.11. The van der Waals surface area contributed by atoms with Crippen molar-refractivity contribution >= 4 is 44.2 Å². The molecule has 8 heteroatoms. The van der Waals surface area contributed by atoms with Crippen LogP contribution in [-0.4, -0.2) is 30.1 Å². The molecule has 2 aliphatic rings. The molecule has 0 radical (unpaired) electrons. The molecule has 3 aromatic rings. The molecule has 5 rings (SSSR count). The van der Waals surface area contributed by atoms with Crippen LogP contribution in [0, 0.1) is 5.92 Å². The highest BCUT2D eigenvalue weighted by atomic mass is 32.1. The normalized spacial score (nSPS) is 17.9. The molecule has 2 aliphatic heterocycles. The number of carbonyl (C=O) groups excluding carboxylic acids is 2. The number of anilines is 2. The Balaban J connectivity index is 1.30. The van der Waals surface area contributed by atoms with Crippen LogP contribution < -0.4 is 19.7 Å². The fourth-order valence-electron chi connectivity index (χ4n) is 3.64. The van der Waals surface area contributed by atoms with Gasteiger partial charge in [-0.15, -0.1) is 0 Å². The zero-order chi connectivity index (χ0) is 20.0. The first-order chi connectivity index (χ1) is 14.1. The third kappa shape index (κ3) is 3.29. The molecule has 3 heterocycles. The van der Waals surface area contributed by atoms with E-state index in [4.69, 9.17) is 9.47 Å². The fourth-order valence-corrected chi connectivity index (χ4v) is 4.57. The highest BCUT2D eigenvalue weighted by Crippen LogP contribution is 2.37. The monoisotopic (exact) mass is 409 g/mol. The maximum atomic E-state index is 12.8. The van der Waals surface area contributed by atoms with E-state index in [0.29, 0.717) is 28.9 Å². The van der Waals surface area contributed by atoms with Crippen molar-refractivity contribution < 1.29 is 19.1 Å². The van der Waals surface area contributed by atoms with Crippen molar-refractivity contribution in [2.24, 2.45) is 5.92 Å². The van der Waals surface area contributed by atoms with Gasteiger partial charge in [0.25, 0.3) is 0 Å². The first-order valence-corrected chi connectivity index (χ1v) is 10.3. The SMILES string of the molecule is CCc1ccc2nc(NC(=O)C3CC(=O)N(c4ccc5c(c4)OCO5)C3)sc2c1. The Bertz CT molecular complexity index is 1130. The number of benzene rings is 2. The van der Waals surface area contributed by atoms with E-state index in [1.165, 1.54) is 16.9 Å². The van der Waals surface area contributed by atoms with Gasteiger partial charge in [-0.3, -0.25) is 9.59 Å². The van der Waals surface area contributed by atoms with Gasteiger partial charge in [0.1, 0.15) is 0 Å². The van der Waals surface area contributed by atoms with Crippen molar-refractivity contribution in [1.82, 2.24) is 4.98 Å². The maximum Gasteiger partial charge on any atom is 0.231 e. The van der Waals surface area contributed by atoms with Gasteiger partial charge < -0.3 is 19.7 Å². The van der Waals surface area contributed by atoms with Crippen LogP contribution in [0.25, 0.3) is 10.2 Å². The summed E-state index contributed by atoms with van der Waals surface area (Å²) in [5, 5.41) is 3.45. The summed E-state index contributed by atoms with van der Waals surface area (Å²) in [6, 6.07) is 11.5. The van der Waals surface area contributed by atoms with Crippen LogP contribution in [0.15, 0.2) is 36.4 Å². The summed E-state index contributed by atoms with van der Waals surface area (Å²) < 4.78 is 11.7. The van der Waals surface area contributed by atoms with Crippen molar-refractivity contribution in [3.63, 3.8) is 0 Å². The van der Waals surface area contributed by atoms with Crippen LogP contribution >= 0.6 is 11.3 Å². The molecule has 1 N–H and O–H groups in total. The Morgan fingerprint density at radius 3 is 2.97 bits per heavy atom. The summed E-state index contributed by atoms with van der Waals surface area (Å²) in [5.41, 5.74) is 2.81. The number of rotatable bonds is 4. The van der Waals surface area contributed by atoms with E-state index in [1.54, 1.807) is 17.0 Å². The number of aryl methyl sites for hydroxylation is 1. The molecule has 1 saturated heterocycles. The fraction of sp³-hybridized carbons (Fsp3) is 0.286. The van der Waals surface area contributed by atoms with Gasteiger partial charge in [-0.1, -0.05) is 24.3 Å². The number of nitrogens with zero attached hydrogens (tertiary/aromatic N) is 2. The minimum absolute atomic E-state index is 0.0825. The number of ether oxygens (including phenoxy) is 2. The van der Waals surface area contributed by atoms with Crippen molar-refractivity contribution in [2.45, 2.75) is 19.8 Å². The minimum atomic E-state index is -0.425.